The topological polar surface area (TPSA) is 180 Å². The van der Waals surface area contributed by atoms with Gasteiger partial charge < -0.3 is 30.9 Å². The van der Waals surface area contributed by atoms with Crippen molar-refractivity contribution in [2.75, 3.05) is 0 Å². The van der Waals surface area contributed by atoms with Gasteiger partial charge in [0.2, 0.25) is 17.1 Å². The predicted molar refractivity (Wildman–Crippen MR) is 103 cm³/mol. The van der Waals surface area contributed by atoms with E-state index in [1.54, 1.807) is 41.5 Å². The van der Waals surface area contributed by atoms with Crippen LogP contribution in [0.25, 0.3) is 0 Å². The first kappa shape index (κ1) is 27.6. The summed E-state index contributed by atoms with van der Waals surface area (Å²) in [5.41, 5.74) is 2.22. The van der Waals surface area contributed by atoms with Crippen LogP contribution in [0.15, 0.2) is 18.6 Å². The first-order chi connectivity index (χ1) is 13.9. The van der Waals surface area contributed by atoms with Crippen molar-refractivity contribution >= 4 is 0 Å². The van der Waals surface area contributed by atoms with Crippen molar-refractivity contribution < 1.29 is 46.6 Å². The Morgan fingerprint density at radius 3 is 0.903 bits per heavy atom. The molecule has 3 aromatic rings. The van der Waals surface area contributed by atoms with E-state index in [9.17, 15) is 15.6 Å². The Kier molecular flexibility index (Phi) is 10.4. The van der Waals surface area contributed by atoms with Gasteiger partial charge in [0.25, 0.3) is 0 Å². The summed E-state index contributed by atoms with van der Waals surface area (Å²) in [4.78, 5) is 11.3. The van der Waals surface area contributed by atoms with Crippen molar-refractivity contribution in [2.45, 2.75) is 41.5 Å². The third kappa shape index (κ3) is 7.08. The van der Waals surface area contributed by atoms with E-state index in [2.05, 4.69) is 15.0 Å². The van der Waals surface area contributed by atoms with Crippen molar-refractivity contribution in [3.05, 3.63) is 68.4 Å². The standard InChI is InChI=1S/3C6H8N2O2.Fe/c3*1-4-3-7-5(2)6(9)8(4)10;/h3*3,9H,1-2H3;. The fourth-order valence-electron chi connectivity index (χ4n) is 1.84. The van der Waals surface area contributed by atoms with Gasteiger partial charge in [-0.25, -0.2) is 15.0 Å². The Balaban J connectivity index is 0.000000429. The molecule has 0 aromatic carbocycles. The Bertz CT molecular complexity index is 838. The maximum Gasteiger partial charge on any atom is 0.399 e. The molecule has 0 spiro atoms. The molecule has 0 aliphatic carbocycles. The second-order valence-electron chi connectivity index (χ2n) is 6.31. The van der Waals surface area contributed by atoms with E-state index in [-0.39, 0.29) is 34.7 Å². The third-order valence-electron chi connectivity index (χ3n) is 3.84. The number of aromatic hydroxyl groups is 3. The number of hydrogen-bond donors (Lipinski definition) is 3. The van der Waals surface area contributed by atoms with Gasteiger partial charge in [0.15, 0.2) is 17.1 Å². The summed E-state index contributed by atoms with van der Waals surface area (Å²) < 4.78 is 1.34. The van der Waals surface area contributed by atoms with Gasteiger partial charge in [-0.15, -0.1) is 14.2 Å². The van der Waals surface area contributed by atoms with Gasteiger partial charge in [-0.3, -0.25) is 0 Å². The minimum absolute atomic E-state index is 0. The van der Waals surface area contributed by atoms with E-state index in [0.29, 0.717) is 48.4 Å². The monoisotopic (exact) mass is 476 g/mol. The van der Waals surface area contributed by atoms with Crippen molar-refractivity contribution in [3.63, 3.8) is 0 Å². The number of aromatic nitrogens is 6. The van der Waals surface area contributed by atoms with Crippen LogP contribution >= 0.6 is 0 Å². The molecule has 0 amide bonds. The second kappa shape index (κ2) is 11.7. The molecule has 0 aliphatic heterocycles. The van der Waals surface area contributed by atoms with Crippen LogP contribution in [0.2, 0.25) is 0 Å². The maximum atomic E-state index is 10.8. The average molecular weight is 476 g/mol. The molecule has 0 fully saturated rings. The van der Waals surface area contributed by atoms with Gasteiger partial charge in [-0.05, 0) is 20.8 Å². The quantitative estimate of drug-likeness (QED) is 0.231. The van der Waals surface area contributed by atoms with Crippen LogP contribution in [0.1, 0.15) is 34.2 Å². The molecular formula is C18H24FeN6O6. The summed E-state index contributed by atoms with van der Waals surface area (Å²) in [6, 6.07) is 0. The van der Waals surface area contributed by atoms with Crippen LogP contribution in [-0.4, -0.2) is 30.3 Å². The number of aryl methyl sites for hydroxylation is 6. The fraction of sp³-hybridized carbons (Fsp3) is 0.333. The van der Waals surface area contributed by atoms with E-state index in [4.69, 9.17) is 15.3 Å². The normalized spacial score (nSPS) is 9.48. The van der Waals surface area contributed by atoms with Crippen LogP contribution < -0.4 is 14.2 Å². The Morgan fingerprint density at radius 2 is 0.742 bits per heavy atom. The van der Waals surface area contributed by atoms with Gasteiger partial charge in [0, 0.05) is 37.8 Å². The molecule has 0 unspecified atom stereocenters. The maximum absolute atomic E-state index is 10.8. The summed E-state index contributed by atoms with van der Waals surface area (Å²) in [7, 11) is 0. The Labute approximate surface area is 189 Å². The zero-order valence-corrected chi connectivity index (χ0v) is 18.9. The summed E-state index contributed by atoms with van der Waals surface area (Å²) in [6.07, 6.45) is 4.26. The summed E-state index contributed by atoms with van der Waals surface area (Å²) in [5, 5.41) is 59.4. The molecule has 13 heteroatoms. The van der Waals surface area contributed by atoms with Gasteiger partial charge in [-0.1, -0.05) is 0 Å². The van der Waals surface area contributed by atoms with Crippen LogP contribution in [0.4, 0.5) is 0 Å². The molecule has 0 bridgehead atoms. The first-order valence-electron chi connectivity index (χ1n) is 8.62. The molecule has 3 rings (SSSR count). The fourth-order valence-corrected chi connectivity index (χ4v) is 1.84. The van der Waals surface area contributed by atoms with E-state index < -0.39 is 0 Å². The molecule has 3 aromatic heterocycles. The molecule has 0 saturated heterocycles. The minimum Gasteiger partial charge on any atom is -0.616 e. The number of rotatable bonds is 0. The van der Waals surface area contributed by atoms with Crippen molar-refractivity contribution in [1.82, 2.24) is 15.0 Å². The van der Waals surface area contributed by atoms with E-state index in [0.717, 1.165) is 0 Å². The van der Waals surface area contributed by atoms with Crippen LogP contribution in [0.5, 0.6) is 17.6 Å². The molecule has 31 heavy (non-hydrogen) atoms. The average Bonchev–Trinajstić information content (AvgIpc) is 2.73. The Hall–Kier alpha value is -3.44. The number of hydrogen-bond acceptors (Lipinski definition) is 9. The van der Waals surface area contributed by atoms with Crippen molar-refractivity contribution in [3.8, 4) is 17.6 Å². The molecular weight excluding hydrogens is 452 g/mol. The van der Waals surface area contributed by atoms with Gasteiger partial charge in [0.1, 0.15) is 0 Å². The zero-order valence-electron chi connectivity index (χ0n) is 17.8. The third-order valence-corrected chi connectivity index (χ3v) is 3.84. The van der Waals surface area contributed by atoms with Crippen LogP contribution in [0, 0.1) is 57.2 Å². The molecule has 170 valence electrons. The molecule has 12 nitrogen and oxygen atoms in total. The number of nitrogens with zero attached hydrogens (tertiary/aromatic N) is 6. The van der Waals surface area contributed by atoms with Crippen LogP contribution in [-0.2, 0) is 17.1 Å². The largest absolute Gasteiger partial charge is 0.616 e. The predicted octanol–water partition coefficient (Wildman–Crippen LogP) is 0.110. The van der Waals surface area contributed by atoms with Crippen molar-refractivity contribution in [1.29, 1.82) is 0 Å². The molecule has 0 aliphatic rings. The molecule has 0 atom stereocenters. The second-order valence-corrected chi connectivity index (χ2v) is 6.31. The molecule has 3 heterocycles. The summed E-state index contributed by atoms with van der Waals surface area (Å²) >= 11 is 0. The molecule has 0 radical (unpaired) electrons. The Morgan fingerprint density at radius 1 is 0.548 bits per heavy atom. The van der Waals surface area contributed by atoms with Crippen LogP contribution in [0.3, 0.4) is 0 Å². The van der Waals surface area contributed by atoms with Gasteiger partial charge in [-0.2, -0.15) is 0 Å². The zero-order chi connectivity index (χ0) is 23.2. The minimum atomic E-state index is -0.319. The molecule has 0 saturated carbocycles. The van der Waals surface area contributed by atoms with E-state index >= 15 is 0 Å². The van der Waals surface area contributed by atoms with Gasteiger partial charge in [0.05, 0.1) is 18.6 Å². The smallest absolute Gasteiger partial charge is 0.399 e. The summed E-state index contributed by atoms with van der Waals surface area (Å²) in [6.45, 7) is 9.47. The van der Waals surface area contributed by atoms with Crippen molar-refractivity contribution in [2.24, 2.45) is 0 Å². The SMILES string of the molecule is Cc1ncc(C)[n+]([O-])c1O.Cc1ncc(C)[n+]([O-])c1O.Cc1ncc(C)[n+]([O-])c1O.[Fe]. The van der Waals surface area contributed by atoms with E-state index in [1.807, 2.05) is 0 Å². The first-order valence-corrected chi connectivity index (χ1v) is 8.62. The van der Waals surface area contributed by atoms with E-state index in [1.165, 1.54) is 18.6 Å². The summed E-state index contributed by atoms with van der Waals surface area (Å²) in [5.74, 6) is -0.958. The molecule has 3 N–H and O–H groups in total. The van der Waals surface area contributed by atoms with Gasteiger partial charge >= 0.3 is 17.6 Å².